The highest BCUT2D eigenvalue weighted by Gasteiger charge is 2.42. The van der Waals surface area contributed by atoms with Crippen molar-refractivity contribution in [2.75, 3.05) is 18.5 Å². The molecule has 0 saturated heterocycles. The van der Waals surface area contributed by atoms with E-state index in [2.05, 4.69) is 29.4 Å². The number of benzene rings is 1. The Morgan fingerprint density at radius 1 is 1.16 bits per heavy atom. The number of allylic oxidation sites excluding steroid dienone is 2. The first kappa shape index (κ1) is 21.4. The van der Waals surface area contributed by atoms with E-state index in [-0.39, 0.29) is 23.2 Å². The number of fused-ring (bicyclic) bond motifs is 2. The van der Waals surface area contributed by atoms with Gasteiger partial charge in [0.15, 0.2) is 23.1 Å². The topological polar surface area (TPSA) is 96.5 Å². The Morgan fingerprint density at radius 2 is 1.84 bits per heavy atom. The van der Waals surface area contributed by atoms with Gasteiger partial charge in [-0.3, -0.25) is 9.89 Å². The number of nitrogens with one attached hydrogen (secondary N) is 2. The summed E-state index contributed by atoms with van der Waals surface area (Å²) < 4.78 is 11.4. The Bertz CT molecular complexity index is 1030. The molecular formula is C24H31N3O4. The van der Waals surface area contributed by atoms with Crippen molar-refractivity contribution in [3.63, 3.8) is 0 Å². The summed E-state index contributed by atoms with van der Waals surface area (Å²) in [6.45, 7) is 10.8. The lowest BCUT2D eigenvalue weighted by molar-refractivity contribution is -0.118. The number of carbonyl (C=O) groups excluding carboxylic acids is 1. The lowest BCUT2D eigenvalue weighted by Crippen LogP contribution is -2.33. The van der Waals surface area contributed by atoms with Gasteiger partial charge in [0.25, 0.3) is 0 Å². The zero-order chi connectivity index (χ0) is 22.3. The molecule has 166 valence electrons. The number of rotatable bonds is 1. The number of hydrogen-bond donors (Lipinski definition) is 3. The molecule has 2 aromatic rings. The molecule has 1 aliphatic carbocycles. The van der Waals surface area contributed by atoms with Crippen molar-refractivity contribution < 1.29 is 19.4 Å². The standard InChI is InChI=1S/C21H23N3O3.C3H8O/c1-11-17-18(12-4-5-15-16(8-12)27-7-6-26-15)19-13(22-20(17)24-23-11)9-21(2,3)10-14(19)25;1-3(2)4/h4-5,8,18H,6-7,9-10H2,1-3H3,(H2,22,23,24);3-4H,1-2H3. The lowest BCUT2D eigenvalue weighted by Gasteiger charge is -2.38. The number of aromatic nitrogens is 2. The molecule has 1 aromatic heterocycles. The highest BCUT2D eigenvalue weighted by molar-refractivity contribution is 6.01. The molecule has 1 aromatic carbocycles. The molecule has 0 spiro atoms. The van der Waals surface area contributed by atoms with E-state index in [1.165, 1.54) is 0 Å². The number of anilines is 1. The van der Waals surface area contributed by atoms with Crippen molar-refractivity contribution in [2.24, 2.45) is 5.41 Å². The molecule has 5 rings (SSSR count). The number of Topliss-reactive ketones (excluding diaryl/α,β-unsaturated/α-hetero) is 1. The summed E-state index contributed by atoms with van der Waals surface area (Å²) >= 11 is 0. The molecule has 0 saturated carbocycles. The maximum Gasteiger partial charge on any atom is 0.162 e. The van der Waals surface area contributed by atoms with Gasteiger partial charge in [0.2, 0.25) is 0 Å². The van der Waals surface area contributed by atoms with Gasteiger partial charge in [-0.2, -0.15) is 5.10 Å². The SMILES string of the molecule is CC(C)O.Cc1[nH]nc2c1C(c1ccc3c(c1)OCCO3)C1=C(CC(C)(C)CC1=O)N2. The third kappa shape index (κ3) is 4.19. The molecule has 1 atom stereocenters. The van der Waals surface area contributed by atoms with Crippen LogP contribution in [0.3, 0.4) is 0 Å². The average molecular weight is 426 g/mol. The fraction of sp³-hybridized carbons (Fsp3) is 0.500. The number of hydrogen-bond acceptors (Lipinski definition) is 6. The Morgan fingerprint density at radius 3 is 2.55 bits per heavy atom. The molecule has 0 bridgehead atoms. The summed E-state index contributed by atoms with van der Waals surface area (Å²) in [7, 11) is 0. The molecule has 1 unspecified atom stereocenters. The summed E-state index contributed by atoms with van der Waals surface area (Å²) in [5.41, 5.74) is 4.86. The van der Waals surface area contributed by atoms with Gasteiger partial charge in [0.1, 0.15) is 13.2 Å². The van der Waals surface area contributed by atoms with E-state index < -0.39 is 0 Å². The summed E-state index contributed by atoms with van der Waals surface area (Å²) in [5, 5.41) is 19.0. The van der Waals surface area contributed by atoms with Crippen LogP contribution in [0.1, 0.15) is 63.3 Å². The van der Waals surface area contributed by atoms with Crippen LogP contribution < -0.4 is 14.8 Å². The highest BCUT2D eigenvalue weighted by Crippen LogP contribution is 2.50. The van der Waals surface area contributed by atoms with E-state index in [1.54, 1.807) is 13.8 Å². The van der Waals surface area contributed by atoms with E-state index in [0.29, 0.717) is 19.6 Å². The molecular weight excluding hydrogens is 394 g/mol. The van der Waals surface area contributed by atoms with E-state index in [1.807, 2.05) is 25.1 Å². The molecule has 0 amide bonds. The zero-order valence-corrected chi connectivity index (χ0v) is 18.8. The number of nitrogens with zero attached hydrogens (tertiary/aromatic N) is 1. The van der Waals surface area contributed by atoms with E-state index >= 15 is 0 Å². The Hall–Kier alpha value is -2.80. The summed E-state index contributed by atoms with van der Waals surface area (Å²) in [6.07, 6.45) is 1.22. The highest BCUT2D eigenvalue weighted by atomic mass is 16.6. The third-order valence-electron chi connectivity index (χ3n) is 5.66. The molecule has 3 N–H and O–H groups in total. The lowest BCUT2D eigenvalue weighted by atomic mass is 9.69. The smallest absolute Gasteiger partial charge is 0.162 e. The van der Waals surface area contributed by atoms with Gasteiger partial charge in [-0.25, -0.2) is 0 Å². The summed E-state index contributed by atoms with van der Waals surface area (Å²) in [6, 6.07) is 5.99. The van der Waals surface area contributed by atoms with Gasteiger partial charge >= 0.3 is 0 Å². The molecule has 7 nitrogen and oxygen atoms in total. The van der Waals surface area contributed by atoms with Crippen LogP contribution in [0.5, 0.6) is 11.5 Å². The molecule has 7 heteroatoms. The molecule has 31 heavy (non-hydrogen) atoms. The largest absolute Gasteiger partial charge is 0.486 e. The maximum absolute atomic E-state index is 13.2. The fourth-order valence-corrected chi connectivity index (χ4v) is 4.53. The number of aliphatic hydroxyl groups is 1. The molecule has 3 heterocycles. The number of ketones is 1. The average Bonchev–Trinajstić information content (AvgIpc) is 3.05. The van der Waals surface area contributed by atoms with Gasteiger partial charge < -0.3 is 19.9 Å². The maximum atomic E-state index is 13.2. The second-order valence-electron chi connectivity index (χ2n) is 9.50. The second kappa shape index (κ2) is 8.04. The number of ether oxygens (including phenoxy) is 2. The van der Waals surface area contributed by atoms with Crippen molar-refractivity contribution in [1.29, 1.82) is 0 Å². The molecule has 3 aliphatic rings. The van der Waals surface area contributed by atoms with Crippen molar-refractivity contribution in [3.05, 3.63) is 46.3 Å². The van der Waals surface area contributed by atoms with E-state index in [4.69, 9.17) is 14.6 Å². The van der Waals surface area contributed by atoms with Crippen LogP contribution in [0.25, 0.3) is 0 Å². The third-order valence-corrected chi connectivity index (χ3v) is 5.66. The zero-order valence-electron chi connectivity index (χ0n) is 18.8. The van der Waals surface area contributed by atoms with Crippen LogP contribution >= 0.6 is 0 Å². The van der Waals surface area contributed by atoms with Crippen LogP contribution in [-0.2, 0) is 4.79 Å². The quantitative estimate of drug-likeness (QED) is 0.637. The van der Waals surface area contributed by atoms with Crippen LogP contribution in [0.4, 0.5) is 5.82 Å². The molecule has 0 fully saturated rings. The van der Waals surface area contributed by atoms with Crippen molar-refractivity contribution in [1.82, 2.24) is 10.2 Å². The Labute approximate surface area is 182 Å². The number of aliphatic hydroxyl groups excluding tert-OH is 1. The van der Waals surface area contributed by atoms with E-state index in [0.717, 1.165) is 51.8 Å². The number of H-pyrrole nitrogens is 1. The first-order valence-corrected chi connectivity index (χ1v) is 10.8. The first-order chi connectivity index (χ1) is 14.7. The Kier molecular flexibility index (Phi) is 5.56. The van der Waals surface area contributed by atoms with Gasteiger partial charge in [-0.15, -0.1) is 0 Å². The van der Waals surface area contributed by atoms with Crippen LogP contribution in [0.15, 0.2) is 29.5 Å². The number of aryl methyl sites for hydroxylation is 1. The van der Waals surface area contributed by atoms with Crippen molar-refractivity contribution >= 4 is 11.6 Å². The van der Waals surface area contributed by atoms with Crippen molar-refractivity contribution in [3.8, 4) is 11.5 Å². The number of aromatic amines is 1. The monoisotopic (exact) mass is 425 g/mol. The minimum Gasteiger partial charge on any atom is -0.486 e. The minimum atomic E-state index is -0.167. The summed E-state index contributed by atoms with van der Waals surface area (Å²) in [5.74, 6) is 2.38. The predicted molar refractivity (Wildman–Crippen MR) is 119 cm³/mol. The number of carbonyl (C=O) groups is 1. The van der Waals surface area contributed by atoms with Crippen LogP contribution in [0.2, 0.25) is 0 Å². The van der Waals surface area contributed by atoms with Gasteiger partial charge in [-0.1, -0.05) is 19.9 Å². The molecule has 0 radical (unpaired) electrons. The fourth-order valence-electron chi connectivity index (χ4n) is 4.53. The predicted octanol–water partition coefficient (Wildman–Crippen LogP) is 4.08. The van der Waals surface area contributed by atoms with Crippen molar-refractivity contribution in [2.45, 2.75) is 59.5 Å². The second-order valence-corrected chi connectivity index (χ2v) is 9.50. The van der Waals surface area contributed by atoms with Gasteiger partial charge in [0.05, 0.1) is 0 Å². The van der Waals surface area contributed by atoms with E-state index in [9.17, 15) is 4.79 Å². The Balaban J connectivity index is 0.000000535. The molecule has 2 aliphatic heterocycles. The van der Waals surface area contributed by atoms with Gasteiger partial charge in [0, 0.05) is 41.0 Å². The van der Waals surface area contributed by atoms with Crippen LogP contribution in [-0.4, -0.2) is 40.4 Å². The van der Waals surface area contributed by atoms with Gasteiger partial charge in [-0.05, 0) is 50.3 Å². The normalized spacial score (nSPS) is 21.0. The first-order valence-electron chi connectivity index (χ1n) is 10.8. The summed E-state index contributed by atoms with van der Waals surface area (Å²) in [4.78, 5) is 13.2. The van der Waals surface area contributed by atoms with Crippen LogP contribution in [0, 0.1) is 12.3 Å². The minimum absolute atomic E-state index is 0.0525.